The molecule has 2 heterocycles. The second-order valence-corrected chi connectivity index (χ2v) is 6.77. The molecule has 1 aromatic heterocycles. The van der Waals surface area contributed by atoms with Crippen LogP contribution >= 0.6 is 23.2 Å². The molecule has 126 valence electrons. The van der Waals surface area contributed by atoms with Crippen molar-refractivity contribution >= 4 is 40.6 Å². The van der Waals surface area contributed by atoms with Crippen molar-refractivity contribution in [2.75, 3.05) is 23.3 Å². The fourth-order valence-corrected chi connectivity index (χ4v) is 2.97. The molecule has 0 bridgehead atoms. The lowest BCUT2D eigenvalue weighted by molar-refractivity contribution is 0.102. The number of carbonyl (C=O) groups is 1. The quantitative estimate of drug-likeness (QED) is 0.883. The average molecular weight is 365 g/mol. The largest absolute Gasteiger partial charge is 0.355 e. The maximum absolute atomic E-state index is 12.3. The van der Waals surface area contributed by atoms with Gasteiger partial charge in [0.2, 0.25) is 0 Å². The molecular formula is C17H18Cl2N4O. The van der Waals surface area contributed by atoms with Crippen LogP contribution in [0.15, 0.2) is 30.6 Å². The first-order chi connectivity index (χ1) is 11.5. The minimum atomic E-state index is -0.370. The molecule has 0 radical (unpaired) electrons. The van der Waals surface area contributed by atoms with Gasteiger partial charge in [0.1, 0.15) is 11.5 Å². The fourth-order valence-electron chi connectivity index (χ4n) is 2.63. The third-order valence-corrected chi connectivity index (χ3v) is 5.00. The van der Waals surface area contributed by atoms with Crippen LogP contribution in [0.4, 0.5) is 11.5 Å². The number of anilines is 2. The van der Waals surface area contributed by atoms with Crippen LogP contribution in [0.3, 0.4) is 0 Å². The summed E-state index contributed by atoms with van der Waals surface area (Å²) in [6.45, 7) is 4.20. The highest BCUT2D eigenvalue weighted by molar-refractivity contribution is 6.44. The van der Waals surface area contributed by atoms with Crippen LogP contribution < -0.4 is 10.2 Å². The molecule has 24 heavy (non-hydrogen) atoms. The van der Waals surface area contributed by atoms with Gasteiger partial charge in [0.05, 0.1) is 28.1 Å². The molecule has 1 N–H and O–H groups in total. The van der Waals surface area contributed by atoms with Crippen molar-refractivity contribution < 1.29 is 4.79 Å². The maximum Gasteiger partial charge on any atom is 0.275 e. The minimum Gasteiger partial charge on any atom is -0.355 e. The molecule has 0 unspecified atom stereocenters. The summed E-state index contributed by atoms with van der Waals surface area (Å²) in [6, 6.07) is 5.06. The van der Waals surface area contributed by atoms with E-state index in [-0.39, 0.29) is 11.6 Å². The third kappa shape index (κ3) is 3.79. The normalized spacial score (nSPS) is 15.4. The van der Waals surface area contributed by atoms with Crippen LogP contribution in [0, 0.1) is 5.92 Å². The molecular weight excluding hydrogens is 347 g/mol. The average Bonchev–Trinajstić information content (AvgIpc) is 2.60. The van der Waals surface area contributed by atoms with Gasteiger partial charge < -0.3 is 10.2 Å². The number of amides is 1. The first-order valence-corrected chi connectivity index (χ1v) is 8.62. The number of nitrogens with one attached hydrogen (secondary N) is 1. The number of halogens is 2. The number of hydrogen-bond acceptors (Lipinski definition) is 4. The predicted octanol–water partition coefficient (Wildman–Crippen LogP) is 4.27. The summed E-state index contributed by atoms with van der Waals surface area (Å²) in [5.41, 5.74) is 0.685. The molecule has 5 nitrogen and oxygen atoms in total. The molecule has 1 aliphatic rings. The van der Waals surface area contributed by atoms with Gasteiger partial charge in [-0.15, -0.1) is 0 Å². The number of aromatic nitrogens is 2. The summed E-state index contributed by atoms with van der Waals surface area (Å²) >= 11 is 12.0. The smallest absolute Gasteiger partial charge is 0.275 e. The van der Waals surface area contributed by atoms with Crippen molar-refractivity contribution in [2.45, 2.75) is 19.8 Å². The van der Waals surface area contributed by atoms with Crippen molar-refractivity contribution in [1.82, 2.24) is 9.97 Å². The Morgan fingerprint density at radius 1 is 1.21 bits per heavy atom. The van der Waals surface area contributed by atoms with Gasteiger partial charge >= 0.3 is 0 Å². The molecule has 0 saturated carbocycles. The van der Waals surface area contributed by atoms with Crippen molar-refractivity contribution in [3.05, 3.63) is 46.3 Å². The van der Waals surface area contributed by atoms with Gasteiger partial charge in [-0.25, -0.2) is 9.97 Å². The van der Waals surface area contributed by atoms with E-state index in [0.29, 0.717) is 15.7 Å². The van der Waals surface area contributed by atoms with Crippen LogP contribution in [-0.4, -0.2) is 29.0 Å². The molecule has 1 fully saturated rings. The Morgan fingerprint density at radius 3 is 2.62 bits per heavy atom. The van der Waals surface area contributed by atoms with E-state index in [1.165, 1.54) is 6.20 Å². The lowest BCUT2D eigenvalue weighted by atomic mass is 9.99. The van der Waals surface area contributed by atoms with Gasteiger partial charge in [-0.1, -0.05) is 36.2 Å². The van der Waals surface area contributed by atoms with Crippen LogP contribution in [0.25, 0.3) is 0 Å². The zero-order valence-electron chi connectivity index (χ0n) is 13.3. The topological polar surface area (TPSA) is 58.1 Å². The second-order valence-electron chi connectivity index (χ2n) is 5.98. The highest BCUT2D eigenvalue weighted by Gasteiger charge is 2.18. The van der Waals surface area contributed by atoms with Gasteiger partial charge in [-0.2, -0.15) is 0 Å². The number of hydrogen-bond donors (Lipinski definition) is 1. The Labute approximate surface area is 151 Å². The van der Waals surface area contributed by atoms with E-state index in [4.69, 9.17) is 23.2 Å². The van der Waals surface area contributed by atoms with E-state index >= 15 is 0 Å². The summed E-state index contributed by atoms with van der Waals surface area (Å²) in [5, 5.41) is 3.39. The molecule has 0 spiro atoms. The zero-order valence-corrected chi connectivity index (χ0v) is 14.8. The van der Waals surface area contributed by atoms with E-state index < -0.39 is 0 Å². The van der Waals surface area contributed by atoms with E-state index in [9.17, 15) is 4.79 Å². The Morgan fingerprint density at radius 2 is 1.96 bits per heavy atom. The number of nitrogens with zero attached hydrogens (tertiary/aromatic N) is 3. The van der Waals surface area contributed by atoms with Crippen molar-refractivity contribution in [2.24, 2.45) is 5.92 Å². The SMILES string of the molecule is CC1CCN(c2cnc(C(=O)Nc3cccc(Cl)c3Cl)cn2)CC1. The summed E-state index contributed by atoms with van der Waals surface area (Å²) in [4.78, 5) is 23.1. The van der Waals surface area contributed by atoms with Gasteiger partial charge in [0.15, 0.2) is 0 Å². The minimum absolute atomic E-state index is 0.236. The van der Waals surface area contributed by atoms with Crippen LogP contribution in [0.1, 0.15) is 30.3 Å². The Kier molecular flexibility index (Phi) is 5.21. The Bertz CT molecular complexity index is 728. The van der Waals surface area contributed by atoms with Crippen LogP contribution in [-0.2, 0) is 0 Å². The highest BCUT2D eigenvalue weighted by Crippen LogP contribution is 2.29. The predicted molar refractivity (Wildman–Crippen MR) is 97.1 cm³/mol. The van der Waals surface area contributed by atoms with Crippen LogP contribution in [0.2, 0.25) is 10.0 Å². The van der Waals surface area contributed by atoms with E-state index in [1.807, 2.05) is 0 Å². The molecule has 2 aromatic rings. The molecule has 1 saturated heterocycles. The summed E-state index contributed by atoms with van der Waals surface area (Å²) in [7, 11) is 0. The summed E-state index contributed by atoms with van der Waals surface area (Å²) in [5.74, 6) is 1.19. The Hall–Kier alpha value is -1.85. The lowest BCUT2D eigenvalue weighted by Crippen LogP contribution is -2.33. The molecule has 3 rings (SSSR count). The van der Waals surface area contributed by atoms with Crippen molar-refractivity contribution in [1.29, 1.82) is 0 Å². The highest BCUT2D eigenvalue weighted by atomic mass is 35.5. The van der Waals surface area contributed by atoms with Gasteiger partial charge in [-0.3, -0.25) is 4.79 Å². The monoisotopic (exact) mass is 364 g/mol. The number of carbonyl (C=O) groups excluding carboxylic acids is 1. The molecule has 1 aromatic carbocycles. The molecule has 1 aliphatic heterocycles. The van der Waals surface area contributed by atoms with Gasteiger partial charge in [0.25, 0.3) is 5.91 Å². The summed E-state index contributed by atoms with van der Waals surface area (Å²) < 4.78 is 0. The maximum atomic E-state index is 12.3. The van der Waals surface area contributed by atoms with Gasteiger partial charge in [0, 0.05) is 13.1 Å². The lowest BCUT2D eigenvalue weighted by Gasteiger charge is -2.30. The molecule has 0 aliphatic carbocycles. The van der Waals surface area contributed by atoms with Crippen LogP contribution in [0.5, 0.6) is 0 Å². The van der Waals surface area contributed by atoms with Crippen molar-refractivity contribution in [3.8, 4) is 0 Å². The van der Waals surface area contributed by atoms with E-state index in [1.54, 1.807) is 24.4 Å². The zero-order chi connectivity index (χ0) is 17.1. The van der Waals surface area contributed by atoms with E-state index in [2.05, 4.69) is 27.1 Å². The molecule has 7 heteroatoms. The van der Waals surface area contributed by atoms with E-state index in [0.717, 1.165) is 37.7 Å². The first kappa shape index (κ1) is 17.0. The first-order valence-electron chi connectivity index (χ1n) is 7.87. The second kappa shape index (κ2) is 7.36. The molecule has 0 atom stereocenters. The number of piperidine rings is 1. The fraction of sp³-hybridized carbons (Fsp3) is 0.353. The number of benzene rings is 1. The van der Waals surface area contributed by atoms with Gasteiger partial charge in [-0.05, 0) is 30.9 Å². The third-order valence-electron chi connectivity index (χ3n) is 4.18. The van der Waals surface area contributed by atoms with Crippen molar-refractivity contribution in [3.63, 3.8) is 0 Å². The molecule has 1 amide bonds. The Balaban J connectivity index is 1.69. The number of rotatable bonds is 3. The standard InChI is InChI=1S/C17H18Cl2N4O/c1-11-5-7-23(8-6-11)15-10-20-14(9-21-15)17(24)22-13-4-2-3-12(18)16(13)19/h2-4,9-11H,5-8H2,1H3,(H,22,24). The summed E-state index contributed by atoms with van der Waals surface area (Å²) in [6.07, 6.45) is 5.43.